The molecular weight excluding hydrogens is 348 g/mol. The highest BCUT2D eigenvalue weighted by Gasteiger charge is 2.41. The standard InChI is InChI=1S/C16H15BrN2O3/c1-16(2)5-9(20)13-11(6-16)22-15(8(7-18)14(13)19)10-3-4-12(17)21-10/h3-4,15H,5-6,19H2,1-2H3/t15-/m1/s1. The average molecular weight is 363 g/mol. The first-order valence-corrected chi connectivity index (χ1v) is 7.70. The highest BCUT2D eigenvalue weighted by molar-refractivity contribution is 9.10. The number of halogens is 1. The summed E-state index contributed by atoms with van der Waals surface area (Å²) in [6.45, 7) is 4.02. The van der Waals surface area contributed by atoms with E-state index < -0.39 is 6.10 Å². The largest absolute Gasteiger partial charge is 0.480 e. The van der Waals surface area contributed by atoms with Gasteiger partial charge in [0, 0.05) is 12.8 Å². The van der Waals surface area contributed by atoms with E-state index in [1.54, 1.807) is 12.1 Å². The molecule has 0 aromatic carbocycles. The number of hydrogen-bond donors (Lipinski definition) is 1. The number of furan rings is 1. The van der Waals surface area contributed by atoms with Crippen LogP contribution in [-0.2, 0) is 9.53 Å². The fourth-order valence-electron chi connectivity index (χ4n) is 2.93. The number of ketones is 1. The van der Waals surface area contributed by atoms with Gasteiger partial charge in [-0.25, -0.2) is 0 Å². The van der Waals surface area contributed by atoms with Gasteiger partial charge in [0.1, 0.15) is 17.4 Å². The van der Waals surface area contributed by atoms with Gasteiger partial charge in [0.05, 0.1) is 11.3 Å². The molecule has 3 rings (SSSR count). The molecule has 0 fully saturated rings. The van der Waals surface area contributed by atoms with E-state index in [0.29, 0.717) is 34.6 Å². The molecule has 0 radical (unpaired) electrons. The smallest absolute Gasteiger partial charge is 0.192 e. The highest BCUT2D eigenvalue weighted by atomic mass is 79.9. The Morgan fingerprint density at radius 2 is 2.14 bits per heavy atom. The maximum Gasteiger partial charge on any atom is 0.192 e. The van der Waals surface area contributed by atoms with Crippen molar-refractivity contribution in [3.05, 3.63) is 45.2 Å². The molecular formula is C16H15BrN2O3. The van der Waals surface area contributed by atoms with Crippen LogP contribution in [0.2, 0.25) is 0 Å². The Hall–Kier alpha value is -2.00. The van der Waals surface area contributed by atoms with Crippen LogP contribution in [0.1, 0.15) is 38.6 Å². The maximum atomic E-state index is 12.4. The molecule has 0 amide bonds. The summed E-state index contributed by atoms with van der Waals surface area (Å²) < 4.78 is 12.0. The summed E-state index contributed by atoms with van der Waals surface area (Å²) in [5.41, 5.74) is 6.70. The predicted molar refractivity (Wildman–Crippen MR) is 82.1 cm³/mol. The number of nitrogens with two attached hydrogens (primary N) is 1. The number of Topliss-reactive ketones (excluding diaryl/α,β-unsaturated/α-hetero) is 1. The third kappa shape index (κ3) is 2.35. The molecule has 0 saturated carbocycles. The molecule has 2 heterocycles. The monoisotopic (exact) mass is 362 g/mol. The minimum Gasteiger partial charge on any atom is -0.480 e. The fraction of sp³-hybridized carbons (Fsp3) is 0.375. The zero-order chi connectivity index (χ0) is 16.1. The van der Waals surface area contributed by atoms with Gasteiger partial charge in [-0.3, -0.25) is 4.79 Å². The summed E-state index contributed by atoms with van der Waals surface area (Å²) in [5.74, 6) is 0.958. The van der Waals surface area contributed by atoms with Crippen LogP contribution in [0, 0.1) is 16.7 Å². The van der Waals surface area contributed by atoms with Crippen LogP contribution in [-0.4, -0.2) is 5.78 Å². The average Bonchev–Trinajstić information content (AvgIpc) is 2.82. The maximum absolute atomic E-state index is 12.4. The van der Waals surface area contributed by atoms with E-state index >= 15 is 0 Å². The van der Waals surface area contributed by atoms with Crippen LogP contribution >= 0.6 is 15.9 Å². The lowest BCUT2D eigenvalue weighted by molar-refractivity contribution is -0.118. The SMILES string of the molecule is CC1(C)CC(=O)C2=C(C1)O[C@@H](c1ccc(Br)o1)C(C#N)=C2N. The number of hydrogen-bond acceptors (Lipinski definition) is 5. The molecule has 1 aliphatic heterocycles. The Morgan fingerprint density at radius 3 is 2.73 bits per heavy atom. The molecule has 1 aromatic heterocycles. The molecule has 0 unspecified atom stereocenters. The molecule has 1 atom stereocenters. The van der Waals surface area contributed by atoms with E-state index in [-0.39, 0.29) is 22.5 Å². The Morgan fingerprint density at radius 1 is 1.41 bits per heavy atom. The van der Waals surface area contributed by atoms with Gasteiger partial charge >= 0.3 is 0 Å². The van der Waals surface area contributed by atoms with E-state index in [1.165, 1.54) is 0 Å². The lowest BCUT2D eigenvalue weighted by atomic mass is 9.74. The van der Waals surface area contributed by atoms with Gasteiger partial charge in [0.15, 0.2) is 22.3 Å². The van der Waals surface area contributed by atoms with Crippen LogP contribution < -0.4 is 5.73 Å². The van der Waals surface area contributed by atoms with E-state index in [9.17, 15) is 10.1 Å². The summed E-state index contributed by atoms with van der Waals surface area (Å²) in [7, 11) is 0. The molecule has 1 aliphatic carbocycles. The van der Waals surface area contributed by atoms with Crippen molar-refractivity contribution >= 4 is 21.7 Å². The van der Waals surface area contributed by atoms with E-state index in [1.807, 2.05) is 13.8 Å². The van der Waals surface area contributed by atoms with E-state index in [2.05, 4.69) is 22.0 Å². The third-order valence-corrected chi connectivity index (χ3v) is 4.32. The zero-order valence-corrected chi connectivity index (χ0v) is 13.9. The lowest BCUT2D eigenvalue weighted by Gasteiger charge is -2.36. The molecule has 0 bridgehead atoms. The second-order valence-corrected chi connectivity index (χ2v) is 7.10. The van der Waals surface area contributed by atoms with Gasteiger partial charge in [0.2, 0.25) is 0 Å². The van der Waals surface area contributed by atoms with Crippen LogP contribution in [0.15, 0.2) is 43.8 Å². The van der Waals surface area contributed by atoms with Crippen molar-refractivity contribution in [3.63, 3.8) is 0 Å². The van der Waals surface area contributed by atoms with Gasteiger partial charge in [-0.2, -0.15) is 5.26 Å². The first-order chi connectivity index (χ1) is 10.3. The number of nitrogens with zero attached hydrogens (tertiary/aromatic N) is 1. The topological polar surface area (TPSA) is 89.2 Å². The Bertz CT molecular complexity index is 765. The Kier molecular flexibility index (Phi) is 3.41. The molecule has 1 aromatic rings. The summed E-state index contributed by atoms with van der Waals surface area (Å²) >= 11 is 3.23. The predicted octanol–water partition coefficient (Wildman–Crippen LogP) is 3.49. The zero-order valence-electron chi connectivity index (χ0n) is 12.3. The molecule has 0 spiro atoms. The van der Waals surface area contributed by atoms with Crippen LogP contribution in [0.3, 0.4) is 0 Å². The second-order valence-electron chi connectivity index (χ2n) is 6.32. The van der Waals surface area contributed by atoms with Crippen molar-refractivity contribution in [1.82, 2.24) is 0 Å². The fourth-order valence-corrected chi connectivity index (χ4v) is 3.25. The summed E-state index contributed by atoms with van der Waals surface area (Å²) in [6, 6.07) is 5.50. The third-order valence-electron chi connectivity index (χ3n) is 3.89. The lowest BCUT2D eigenvalue weighted by Crippen LogP contribution is -2.33. The van der Waals surface area contributed by atoms with Crippen LogP contribution in [0.25, 0.3) is 0 Å². The second kappa shape index (κ2) is 5.03. The van der Waals surface area contributed by atoms with Crippen molar-refractivity contribution in [1.29, 1.82) is 5.26 Å². The van der Waals surface area contributed by atoms with Crippen molar-refractivity contribution in [3.8, 4) is 6.07 Å². The summed E-state index contributed by atoms with van der Waals surface area (Å²) in [6.07, 6.45) is 0.286. The van der Waals surface area contributed by atoms with E-state index in [0.717, 1.165) is 0 Å². The molecule has 2 aliphatic rings. The summed E-state index contributed by atoms with van der Waals surface area (Å²) in [5, 5.41) is 9.42. The van der Waals surface area contributed by atoms with Gasteiger partial charge in [-0.1, -0.05) is 13.8 Å². The molecule has 5 nitrogen and oxygen atoms in total. The van der Waals surface area contributed by atoms with Crippen molar-refractivity contribution in [2.24, 2.45) is 11.1 Å². The number of allylic oxidation sites excluding steroid dienone is 2. The molecule has 6 heteroatoms. The van der Waals surface area contributed by atoms with Crippen LogP contribution in [0.4, 0.5) is 0 Å². The quantitative estimate of drug-likeness (QED) is 0.825. The molecule has 114 valence electrons. The van der Waals surface area contributed by atoms with Gasteiger partial charge < -0.3 is 14.9 Å². The van der Waals surface area contributed by atoms with E-state index in [4.69, 9.17) is 14.9 Å². The molecule has 2 N–H and O–H groups in total. The van der Waals surface area contributed by atoms with Gasteiger partial charge in [0.25, 0.3) is 0 Å². The first kappa shape index (κ1) is 14.9. The van der Waals surface area contributed by atoms with Crippen LogP contribution in [0.5, 0.6) is 0 Å². The highest BCUT2D eigenvalue weighted by Crippen LogP contribution is 2.46. The normalized spacial score (nSPS) is 23.9. The number of rotatable bonds is 1. The molecule has 0 saturated heterocycles. The molecule has 22 heavy (non-hydrogen) atoms. The minimum atomic E-state index is -0.711. The van der Waals surface area contributed by atoms with Crippen molar-refractivity contribution in [2.45, 2.75) is 32.8 Å². The van der Waals surface area contributed by atoms with Gasteiger partial charge in [-0.05, 0) is 33.5 Å². The minimum absolute atomic E-state index is 0.0735. The number of carbonyl (C=O) groups excluding carboxylic acids is 1. The Labute approximate surface area is 136 Å². The Balaban J connectivity index is 2.10. The number of carbonyl (C=O) groups is 1. The van der Waals surface area contributed by atoms with Crippen molar-refractivity contribution < 1.29 is 13.9 Å². The first-order valence-electron chi connectivity index (χ1n) is 6.91. The number of ether oxygens (including phenoxy) is 1. The van der Waals surface area contributed by atoms with Gasteiger partial charge in [-0.15, -0.1) is 0 Å². The number of nitriles is 1. The summed E-state index contributed by atoms with van der Waals surface area (Å²) in [4.78, 5) is 12.4. The van der Waals surface area contributed by atoms with Crippen molar-refractivity contribution in [2.75, 3.05) is 0 Å².